The van der Waals surface area contributed by atoms with Gasteiger partial charge in [-0.1, -0.05) is 25.3 Å². The number of nitrogens with one attached hydrogen (secondary N) is 1. The number of carbonyl (C=O) groups is 1. The molecule has 5 fully saturated rings. The highest BCUT2D eigenvalue weighted by atomic mass is 19.1. The van der Waals surface area contributed by atoms with Crippen molar-refractivity contribution in [2.24, 2.45) is 5.41 Å². The Balaban J connectivity index is 0.993. The number of fused-ring (bicyclic) bond motifs is 2. The van der Waals surface area contributed by atoms with Gasteiger partial charge < -0.3 is 29.3 Å². The van der Waals surface area contributed by atoms with Gasteiger partial charge in [-0.05, 0) is 101 Å². The van der Waals surface area contributed by atoms with Crippen molar-refractivity contribution in [3.63, 3.8) is 0 Å². The van der Waals surface area contributed by atoms with Gasteiger partial charge in [0.05, 0.1) is 34.3 Å². The molecule has 6 aliphatic rings. The molecular formula is C47H58F3N7O4. The van der Waals surface area contributed by atoms with Crippen LogP contribution in [0.15, 0.2) is 31.0 Å². The molecule has 2 aliphatic carbocycles. The van der Waals surface area contributed by atoms with Gasteiger partial charge in [0.15, 0.2) is 5.82 Å². The molecule has 1 N–H and O–H groups in total. The van der Waals surface area contributed by atoms with E-state index < -0.39 is 34.8 Å². The van der Waals surface area contributed by atoms with Gasteiger partial charge >= 0.3 is 6.01 Å². The highest BCUT2D eigenvalue weighted by molar-refractivity contribution is 5.90. The quantitative estimate of drug-likeness (QED) is 0.158. The zero-order valence-electron chi connectivity index (χ0n) is 35.5. The molecule has 1 amide bonds. The normalized spacial score (nSPS) is 26.6. The number of alkyl halides is 1. The molecule has 9 rings (SSSR count). The van der Waals surface area contributed by atoms with Crippen LogP contribution in [0.3, 0.4) is 0 Å². The largest absolute Gasteiger partial charge is 0.493 e. The van der Waals surface area contributed by atoms with Crippen molar-refractivity contribution in [3.05, 3.63) is 59.4 Å². The number of halogens is 3. The molecule has 326 valence electrons. The summed E-state index contributed by atoms with van der Waals surface area (Å²) in [6.45, 7) is 10.7. The van der Waals surface area contributed by atoms with Crippen LogP contribution >= 0.6 is 0 Å². The number of terminal acetylenes is 1. The average Bonchev–Trinajstić information content (AvgIpc) is 3.88. The number of hydrogen-bond acceptors (Lipinski definition) is 10. The number of likely N-dealkylation sites (N-methyl/N-ethyl adjacent to an activating group) is 1. The fraction of sp³-hybridized carbons (Fsp3) is 0.617. The molecule has 4 aliphatic heterocycles. The van der Waals surface area contributed by atoms with Crippen LogP contribution in [0.1, 0.15) is 107 Å². The van der Waals surface area contributed by atoms with Crippen LogP contribution in [0.2, 0.25) is 0 Å². The van der Waals surface area contributed by atoms with Gasteiger partial charge in [0, 0.05) is 69.5 Å². The highest BCUT2D eigenvalue weighted by Gasteiger charge is 2.55. The Morgan fingerprint density at radius 2 is 1.84 bits per heavy atom. The minimum absolute atomic E-state index is 0.0102. The minimum Gasteiger partial charge on any atom is -0.493 e. The number of likely N-dealkylation sites (tertiary alicyclic amines) is 2. The predicted molar refractivity (Wildman–Crippen MR) is 226 cm³/mol. The number of ether oxygens (including phenoxy) is 3. The topological polar surface area (TPSA) is 105 Å². The number of amides is 1. The van der Waals surface area contributed by atoms with Gasteiger partial charge in [0.2, 0.25) is 5.91 Å². The second-order valence-corrected chi connectivity index (χ2v) is 18.8. The molecule has 0 unspecified atom stereocenters. The summed E-state index contributed by atoms with van der Waals surface area (Å²) in [6, 6.07) is 3.58. The number of anilines is 1. The third-order valence-corrected chi connectivity index (χ3v) is 15.3. The minimum atomic E-state index is -1.00. The summed E-state index contributed by atoms with van der Waals surface area (Å²) < 4.78 is 65.6. The maximum absolute atomic E-state index is 17.2. The molecule has 11 nitrogen and oxygen atoms in total. The van der Waals surface area contributed by atoms with Crippen LogP contribution < -0.4 is 14.8 Å². The second kappa shape index (κ2) is 16.7. The standard InChI is InChI=1S/C47H58F3N7O4/c1-5-33-36(49)9-10-37-39(33)34(13-22-60-37)41-40(50)42-35(26-51-41)43(52-28-47(14-7-8-15-47)55(4)38(58)6-2)54-44(53-42)61-29-45(3)23-30(48)27-57(45)32-24-46(25-32)16-18-56(19-17-46)31-11-20-59-21-12-31/h1,6,9-10,26,30-32,34H,2,7-8,11-25,27-29H2,3-4H3,(H,52,53,54)/t30-,34+,45+/m1/s1. The van der Waals surface area contributed by atoms with Crippen molar-refractivity contribution in [2.45, 2.75) is 119 Å². The summed E-state index contributed by atoms with van der Waals surface area (Å²) in [5.74, 6) is 0.948. The Hall–Kier alpha value is -4.45. The van der Waals surface area contributed by atoms with Crippen molar-refractivity contribution < 1.29 is 32.2 Å². The summed E-state index contributed by atoms with van der Waals surface area (Å²) in [6.07, 6.45) is 18.3. The number of rotatable bonds is 11. The van der Waals surface area contributed by atoms with Crippen molar-refractivity contribution in [2.75, 3.05) is 65.0 Å². The van der Waals surface area contributed by atoms with Gasteiger partial charge in [0.1, 0.15) is 35.7 Å². The summed E-state index contributed by atoms with van der Waals surface area (Å²) >= 11 is 0. The van der Waals surface area contributed by atoms with E-state index in [0.29, 0.717) is 59.9 Å². The Kier molecular flexibility index (Phi) is 11.5. The highest BCUT2D eigenvalue weighted by Crippen LogP contribution is 2.54. The van der Waals surface area contributed by atoms with Crippen molar-refractivity contribution in [1.29, 1.82) is 0 Å². The Labute approximate surface area is 356 Å². The van der Waals surface area contributed by atoms with Crippen molar-refractivity contribution in [1.82, 2.24) is 29.7 Å². The smallest absolute Gasteiger partial charge is 0.319 e. The lowest BCUT2D eigenvalue weighted by atomic mass is 9.59. The number of carbonyl (C=O) groups excluding carboxylic acids is 1. The fourth-order valence-corrected chi connectivity index (χ4v) is 11.7. The van der Waals surface area contributed by atoms with Crippen LogP contribution in [-0.4, -0.2) is 125 Å². The number of pyridine rings is 1. The molecule has 61 heavy (non-hydrogen) atoms. The fourth-order valence-electron chi connectivity index (χ4n) is 11.7. The first-order chi connectivity index (χ1) is 29.5. The summed E-state index contributed by atoms with van der Waals surface area (Å²) in [7, 11) is 1.78. The Bertz CT molecular complexity index is 2190. The van der Waals surface area contributed by atoms with E-state index in [4.69, 9.17) is 25.6 Å². The van der Waals surface area contributed by atoms with Crippen LogP contribution in [0.25, 0.3) is 10.9 Å². The van der Waals surface area contributed by atoms with Crippen molar-refractivity contribution in [3.8, 4) is 24.1 Å². The van der Waals surface area contributed by atoms with E-state index in [2.05, 4.69) is 44.5 Å². The zero-order chi connectivity index (χ0) is 42.5. The van der Waals surface area contributed by atoms with E-state index >= 15 is 13.2 Å². The first kappa shape index (κ1) is 41.9. The third kappa shape index (κ3) is 7.73. The molecule has 1 spiro atoms. The molecule has 3 aromatic rings. The molecule has 3 saturated heterocycles. The van der Waals surface area contributed by atoms with Gasteiger partial charge in [-0.3, -0.25) is 14.7 Å². The molecule has 2 saturated carbocycles. The summed E-state index contributed by atoms with van der Waals surface area (Å²) in [4.78, 5) is 33.7. The van der Waals surface area contributed by atoms with Crippen LogP contribution in [0, 0.1) is 29.4 Å². The first-order valence-electron chi connectivity index (χ1n) is 22.2. The second-order valence-electron chi connectivity index (χ2n) is 18.8. The number of piperidine rings is 1. The van der Waals surface area contributed by atoms with Crippen LogP contribution in [0.5, 0.6) is 11.8 Å². The lowest BCUT2D eigenvalue weighted by Crippen LogP contribution is -2.60. The molecule has 14 heteroatoms. The molecule has 0 bridgehead atoms. The van der Waals surface area contributed by atoms with Crippen LogP contribution in [0.4, 0.5) is 19.0 Å². The Morgan fingerprint density at radius 3 is 2.56 bits per heavy atom. The molecule has 2 aromatic heterocycles. The summed E-state index contributed by atoms with van der Waals surface area (Å²) in [5, 5.41) is 3.77. The molecule has 3 atom stereocenters. The number of nitrogens with zero attached hydrogens (tertiary/aromatic N) is 6. The van der Waals surface area contributed by atoms with E-state index in [9.17, 15) is 4.79 Å². The van der Waals surface area contributed by atoms with E-state index in [1.165, 1.54) is 37.2 Å². The monoisotopic (exact) mass is 841 g/mol. The third-order valence-electron chi connectivity index (χ3n) is 15.3. The zero-order valence-corrected chi connectivity index (χ0v) is 35.5. The van der Waals surface area contributed by atoms with E-state index in [1.54, 1.807) is 11.9 Å². The molecule has 1 aromatic carbocycles. The molecule has 0 radical (unpaired) electrons. The maximum Gasteiger partial charge on any atom is 0.319 e. The van der Waals surface area contributed by atoms with Gasteiger partial charge in [-0.15, -0.1) is 6.42 Å². The van der Waals surface area contributed by atoms with E-state index in [0.717, 1.165) is 77.7 Å². The van der Waals surface area contributed by atoms with Gasteiger partial charge in [0.25, 0.3) is 0 Å². The first-order valence-corrected chi connectivity index (χ1v) is 22.2. The van der Waals surface area contributed by atoms with Gasteiger partial charge in [-0.25, -0.2) is 13.2 Å². The lowest BCUT2D eigenvalue weighted by molar-refractivity contribution is -0.129. The van der Waals surface area contributed by atoms with E-state index in [1.807, 2.05) is 0 Å². The SMILES string of the molecule is C#Cc1c(F)ccc2c1[C@@H](c1ncc3c(NCC4(N(C)C(=O)C=C)CCCC4)nc(OC[C@]4(C)C[C@@H](F)CN4C4CC5(CCN(C6CCOCC6)CC5)C4)nc3c1F)CCO2. The number of aromatic nitrogens is 3. The number of hydrogen-bond donors (Lipinski definition) is 1. The maximum atomic E-state index is 17.2. The van der Waals surface area contributed by atoms with Crippen molar-refractivity contribution >= 4 is 22.6 Å². The molecular weight excluding hydrogens is 784 g/mol. The lowest BCUT2D eigenvalue weighted by Gasteiger charge is -2.57. The molecule has 6 heterocycles. The van der Waals surface area contributed by atoms with E-state index in [-0.39, 0.29) is 47.9 Å². The van der Waals surface area contributed by atoms with Gasteiger partial charge in [-0.2, -0.15) is 9.97 Å². The average molecular weight is 842 g/mol. The summed E-state index contributed by atoms with van der Waals surface area (Å²) in [5.41, 5.74) is -0.435. The number of benzene rings is 1. The Morgan fingerprint density at radius 1 is 1.08 bits per heavy atom. The van der Waals surface area contributed by atoms with Crippen LogP contribution in [-0.2, 0) is 9.53 Å². The predicted octanol–water partition coefficient (Wildman–Crippen LogP) is 7.17.